The van der Waals surface area contributed by atoms with Gasteiger partial charge in [0.05, 0.1) is 22.8 Å². The van der Waals surface area contributed by atoms with E-state index in [1.165, 1.54) is 18.5 Å². The highest BCUT2D eigenvalue weighted by Gasteiger charge is 2.23. The summed E-state index contributed by atoms with van der Waals surface area (Å²) in [5.41, 5.74) is 1.75. The molecule has 200 valence electrons. The molecule has 1 saturated heterocycles. The highest BCUT2D eigenvalue weighted by atomic mass is 35.5. The zero-order valence-electron chi connectivity index (χ0n) is 21.3. The number of likely N-dealkylation sites (N-methyl/N-ethyl adjacent to an activating group) is 1. The van der Waals surface area contributed by atoms with Crippen molar-refractivity contribution in [3.05, 3.63) is 59.7 Å². The van der Waals surface area contributed by atoms with Gasteiger partial charge in [-0.1, -0.05) is 17.7 Å². The summed E-state index contributed by atoms with van der Waals surface area (Å²) in [6.45, 7) is 2.81. The molecule has 1 aromatic heterocycles. The maximum absolute atomic E-state index is 13.6. The van der Waals surface area contributed by atoms with Crippen LogP contribution in [0.25, 0.3) is 10.9 Å². The van der Waals surface area contributed by atoms with Crippen molar-refractivity contribution in [1.29, 1.82) is 0 Å². The summed E-state index contributed by atoms with van der Waals surface area (Å²) < 4.78 is 25.1. The van der Waals surface area contributed by atoms with Crippen molar-refractivity contribution in [2.75, 3.05) is 44.0 Å². The fourth-order valence-corrected chi connectivity index (χ4v) is 4.56. The smallest absolute Gasteiger partial charge is 0.248 e. The molecule has 10 heteroatoms. The molecular weight excluding hydrogens is 509 g/mol. The van der Waals surface area contributed by atoms with Crippen LogP contribution in [-0.4, -0.2) is 60.2 Å². The number of fused-ring (bicyclic) bond motifs is 1. The van der Waals surface area contributed by atoms with Crippen LogP contribution in [0.3, 0.4) is 0 Å². The van der Waals surface area contributed by atoms with Crippen LogP contribution in [-0.2, 0) is 9.53 Å². The topological polar surface area (TPSA) is 88.6 Å². The lowest BCUT2D eigenvalue weighted by molar-refractivity contribution is -0.111. The first-order chi connectivity index (χ1) is 18.5. The second-order valence-electron chi connectivity index (χ2n) is 9.77. The lowest BCUT2D eigenvalue weighted by atomic mass is 10.1. The molecule has 3 aromatic rings. The van der Waals surface area contributed by atoms with Gasteiger partial charge in [-0.25, -0.2) is 14.4 Å². The number of benzene rings is 2. The van der Waals surface area contributed by atoms with E-state index >= 15 is 0 Å². The SMILES string of the molecule is CN(CC=CC(=O)Nc1cc2c(Nc3ccc(F)c(Cl)c3)ncnc2cc1OCC1CC1)C1CCOCC1. The van der Waals surface area contributed by atoms with E-state index in [0.717, 1.165) is 38.9 Å². The van der Waals surface area contributed by atoms with Crippen LogP contribution < -0.4 is 15.4 Å². The molecule has 2 aromatic carbocycles. The van der Waals surface area contributed by atoms with E-state index in [4.69, 9.17) is 21.1 Å². The highest BCUT2D eigenvalue weighted by Crippen LogP contribution is 2.36. The monoisotopic (exact) mass is 539 g/mol. The fraction of sp³-hybridized carbons (Fsp3) is 0.393. The quantitative estimate of drug-likeness (QED) is 0.326. The summed E-state index contributed by atoms with van der Waals surface area (Å²) in [7, 11) is 2.06. The predicted molar refractivity (Wildman–Crippen MR) is 147 cm³/mol. The number of hydrogen-bond acceptors (Lipinski definition) is 7. The zero-order valence-corrected chi connectivity index (χ0v) is 22.0. The lowest BCUT2D eigenvalue weighted by Gasteiger charge is -2.30. The van der Waals surface area contributed by atoms with Crippen molar-refractivity contribution < 1.29 is 18.7 Å². The maximum atomic E-state index is 13.6. The van der Waals surface area contributed by atoms with Gasteiger partial charge in [0.25, 0.3) is 0 Å². The number of carbonyl (C=O) groups excluding carboxylic acids is 1. The van der Waals surface area contributed by atoms with Crippen LogP contribution in [0.5, 0.6) is 5.75 Å². The standard InChI is InChI=1S/C28H31ClFN5O3/c1-35(20-8-11-37-12-9-20)10-2-3-27(36)34-25-14-21-24(15-26(25)38-16-18-4-5-18)31-17-32-28(21)33-19-6-7-23(30)22(29)13-19/h2-3,6-7,13-15,17-18,20H,4-5,8-12,16H2,1H3,(H,34,36)(H,31,32,33). The minimum atomic E-state index is -0.501. The van der Waals surface area contributed by atoms with Gasteiger partial charge in [0.15, 0.2) is 0 Å². The van der Waals surface area contributed by atoms with Crippen molar-refractivity contribution in [2.24, 2.45) is 5.92 Å². The van der Waals surface area contributed by atoms with E-state index in [0.29, 0.717) is 59.0 Å². The summed E-state index contributed by atoms with van der Waals surface area (Å²) in [5, 5.41) is 6.81. The van der Waals surface area contributed by atoms with Gasteiger partial charge in [-0.2, -0.15) is 0 Å². The molecule has 1 aliphatic carbocycles. The number of halogens is 2. The molecule has 1 amide bonds. The third kappa shape index (κ3) is 6.78. The number of anilines is 3. The molecule has 2 aliphatic rings. The summed E-state index contributed by atoms with van der Waals surface area (Å²) in [4.78, 5) is 23.9. The Bertz CT molecular complexity index is 1330. The summed E-state index contributed by atoms with van der Waals surface area (Å²) in [6, 6.07) is 8.41. The Labute approximate surface area is 226 Å². The van der Waals surface area contributed by atoms with Crippen LogP contribution >= 0.6 is 11.6 Å². The normalized spacial score (nSPS) is 16.3. The number of nitrogens with one attached hydrogen (secondary N) is 2. The molecule has 1 saturated carbocycles. The first kappa shape index (κ1) is 26.3. The average Bonchev–Trinajstić information content (AvgIpc) is 3.75. The minimum absolute atomic E-state index is 0.00586. The van der Waals surface area contributed by atoms with Gasteiger partial charge in [-0.15, -0.1) is 0 Å². The number of rotatable bonds is 10. The van der Waals surface area contributed by atoms with E-state index in [1.54, 1.807) is 24.3 Å². The highest BCUT2D eigenvalue weighted by molar-refractivity contribution is 6.31. The molecule has 2 fully saturated rings. The van der Waals surface area contributed by atoms with Crippen LogP contribution in [0, 0.1) is 11.7 Å². The number of carbonyl (C=O) groups is 1. The number of nitrogens with zero attached hydrogens (tertiary/aromatic N) is 3. The summed E-state index contributed by atoms with van der Waals surface area (Å²) >= 11 is 5.95. The third-order valence-corrected chi connectivity index (χ3v) is 7.11. The molecule has 38 heavy (non-hydrogen) atoms. The van der Waals surface area contributed by atoms with Gasteiger partial charge in [0.2, 0.25) is 5.91 Å². The molecule has 2 heterocycles. The van der Waals surface area contributed by atoms with Gasteiger partial charge in [0.1, 0.15) is 23.7 Å². The maximum Gasteiger partial charge on any atom is 0.248 e. The molecule has 0 spiro atoms. The lowest BCUT2D eigenvalue weighted by Crippen LogP contribution is -2.36. The van der Waals surface area contributed by atoms with Gasteiger partial charge in [-0.05, 0) is 62.9 Å². The Kier molecular flexibility index (Phi) is 8.36. The van der Waals surface area contributed by atoms with E-state index < -0.39 is 5.82 Å². The van der Waals surface area contributed by atoms with E-state index in [9.17, 15) is 9.18 Å². The van der Waals surface area contributed by atoms with Crippen molar-refractivity contribution >= 4 is 45.6 Å². The minimum Gasteiger partial charge on any atom is -0.491 e. The van der Waals surface area contributed by atoms with Crippen molar-refractivity contribution in [1.82, 2.24) is 14.9 Å². The van der Waals surface area contributed by atoms with Crippen LogP contribution in [0.1, 0.15) is 25.7 Å². The molecule has 0 bridgehead atoms. The van der Waals surface area contributed by atoms with Crippen LogP contribution in [0.2, 0.25) is 5.02 Å². The molecule has 1 aliphatic heterocycles. The van der Waals surface area contributed by atoms with Crippen molar-refractivity contribution in [2.45, 2.75) is 31.7 Å². The largest absolute Gasteiger partial charge is 0.491 e. The molecular formula is C28H31ClFN5O3. The first-order valence-electron chi connectivity index (χ1n) is 12.9. The van der Waals surface area contributed by atoms with Gasteiger partial charge >= 0.3 is 0 Å². The van der Waals surface area contributed by atoms with Gasteiger partial charge in [0, 0.05) is 49.0 Å². The van der Waals surface area contributed by atoms with Crippen LogP contribution in [0.4, 0.5) is 21.6 Å². The zero-order chi connectivity index (χ0) is 26.5. The van der Waals surface area contributed by atoms with E-state index in [2.05, 4.69) is 32.5 Å². The molecule has 0 radical (unpaired) electrons. The predicted octanol–water partition coefficient (Wildman–Crippen LogP) is 5.56. The second-order valence-corrected chi connectivity index (χ2v) is 10.2. The number of hydrogen-bond donors (Lipinski definition) is 2. The molecule has 0 unspecified atom stereocenters. The Morgan fingerprint density at radius 2 is 2.03 bits per heavy atom. The van der Waals surface area contributed by atoms with E-state index in [-0.39, 0.29) is 10.9 Å². The Morgan fingerprint density at radius 3 is 2.79 bits per heavy atom. The molecule has 2 N–H and O–H groups in total. The Morgan fingerprint density at radius 1 is 1.21 bits per heavy atom. The number of amides is 1. The van der Waals surface area contributed by atoms with E-state index in [1.807, 2.05) is 6.08 Å². The Hall–Kier alpha value is -3.27. The molecule has 5 rings (SSSR count). The van der Waals surface area contributed by atoms with Crippen molar-refractivity contribution in [3.63, 3.8) is 0 Å². The van der Waals surface area contributed by atoms with Crippen LogP contribution in [0.15, 0.2) is 48.8 Å². The number of aromatic nitrogens is 2. The summed E-state index contributed by atoms with van der Waals surface area (Å²) in [6.07, 6.45) is 9.15. The second kappa shape index (κ2) is 12.1. The Balaban J connectivity index is 1.35. The molecule has 8 nitrogen and oxygen atoms in total. The first-order valence-corrected chi connectivity index (χ1v) is 13.2. The fourth-order valence-electron chi connectivity index (χ4n) is 4.38. The van der Waals surface area contributed by atoms with Gasteiger partial charge < -0.3 is 20.1 Å². The summed E-state index contributed by atoms with van der Waals surface area (Å²) in [5.74, 6) is 0.841. The van der Waals surface area contributed by atoms with Crippen molar-refractivity contribution in [3.8, 4) is 5.75 Å². The third-order valence-electron chi connectivity index (χ3n) is 6.83. The molecule has 0 atom stereocenters. The van der Waals surface area contributed by atoms with Gasteiger partial charge in [-0.3, -0.25) is 9.69 Å². The number of ether oxygens (including phenoxy) is 2. The average molecular weight is 540 g/mol.